The molecule has 2 aromatic heterocycles. The summed E-state index contributed by atoms with van der Waals surface area (Å²) in [6, 6.07) is 7.54. The van der Waals surface area contributed by atoms with E-state index in [1.165, 1.54) is 0 Å². The lowest BCUT2D eigenvalue weighted by atomic mass is 9.82. The Morgan fingerprint density at radius 2 is 1.87 bits per heavy atom. The van der Waals surface area contributed by atoms with Gasteiger partial charge in [0.2, 0.25) is 5.91 Å². The van der Waals surface area contributed by atoms with Crippen molar-refractivity contribution in [3.63, 3.8) is 0 Å². The summed E-state index contributed by atoms with van der Waals surface area (Å²) < 4.78 is 25.3. The van der Waals surface area contributed by atoms with E-state index in [4.69, 9.17) is 0 Å². The molecule has 2 saturated heterocycles. The SMILES string of the molecule is O=C(C1CCS(=O)(=O)CC1)N1C[C@@H]2C[C@H](C1)c1cc(-c3cccnc3)cc(=O)n1C2. The molecule has 7 nitrogen and oxygen atoms in total. The fourth-order valence-corrected chi connectivity index (χ4v) is 6.73. The van der Waals surface area contributed by atoms with Crippen molar-refractivity contribution in [3.8, 4) is 11.1 Å². The van der Waals surface area contributed by atoms with E-state index in [-0.39, 0.29) is 40.7 Å². The zero-order valence-electron chi connectivity index (χ0n) is 16.7. The molecule has 2 bridgehead atoms. The second-order valence-corrected chi connectivity index (χ2v) is 11.1. The van der Waals surface area contributed by atoms with Crippen LogP contribution in [0.15, 0.2) is 41.5 Å². The molecule has 0 radical (unpaired) electrons. The van der Waals surface area contributed by atoms with E-state index in [1.807, 2.05) is 21.6 Å². The number of sulfone groups is 1. The van der Waals surface area contributed by atoms with Gasteiger partial charge in [-0.05, 0) is 42.9 Å². The van der Waals surface area contributed by atoms with Crippen LogP contribution in [-0.2, 0) is 21.2 Å². The van der Waals surface area contributed by atoms with Gasteiger partial charge in [-0.15, -0.1) is 0 Å². The molecular formula is C22H25N3O4S. The van der Waals surface area contributed by atoms with Crippen molar-refractivity contribution >= 4 is 15.7 Å². The largest absolute Gasteiger partial charge is 0.341 e. The molecule has 0 aliphatic carbocycles. The number of pyridine rings is 2. The third kappa shape index (κ3) is 3.57. The lowest BCUT2D eigenvalue weighted by molar-refractivity contribution is -0.138. The monoisotopic (exact) mass is 427 g/mol. The Hall–Kier alpha value is -2.48. The maximum absolute atomic E-state index is 13.1. The Balaban J connectivity index is 1.41. The summed E-state index contributed by atoms with van der Waals surface area (Å²) in [6.45, 7) is 1.87. The van der Waals surface area contributed by atoms with Gasteiger partial charge in [0.1, 0.15) is 9.84 Å². The molecule has 158 valence electrons. The molecular weight excluding hydrogens is 402 g/mol. The first-order valence-corrected chi connectivity index (χ1v) is 12.4. The molecule has 5 heterocycles. The third-order valence-electron chi connectivity index (χ3n) is 6.77. The van der Waals surface area contributed by atoms with Crippen LogP contribution in [0.2, 0.25) is 0 Å². The number of rotatable bonds is 2. The molecule has 0 unspecified atom stereocenters. The maximum atomic E-state index is 13.1. The number of fused-ring (bicyclic) bond motifs is 4. The highest BCUT2D eigenvalue weighted by atomic mass is 32.2. The minimum Gasteiger partial charge on any atom is -0.341 e. The van der Waals surface area contributed by atoms with E-state index in [0.29, 0.717) is 32.5 Å². The first-order chi connectivity index (χ1) is 14.4. The average molecular weight is 428 g/mol. The Morgan fingerprint density at radius 3 is 2.60 bits per heavy atom. The average Bonchev–Trinajstić information content (AvgIpc) is 2.74. The van der Waals surface area contributed by atoms with Gasteiger partial charge in [-0.25, -0.2) is 8.42 Å². The Morgan fingerprint density at radius 1 is 1.07 bits per heavy atom. The van der Waals surface area contributed by atoms with Gasteiger partial charge in [0.15, 0.2) is 0 Å². The molecule has 2 atom stereocenters. The number of carbonyl (C=O) groups excluding carboxylic acids is 1. The number of hydrogen-bond acceptors (Lipinski definition) is 5. The first kappa shape index (κ1) is 19.5. The van der Waals surface area contributed by atoms with Gasteiger partial charge in [0, 0.05) is 61.2 Å². The van der Waals surface area contributed by atoms with Gasteiger partial charge in [-0.2, -0.15) is 0 Å². The van der Waals surface area contributed by atoms with Crippen LogP contribution in [0.5, 0.6) is 0 Å². The van der Waals surface area contributed by atoms with Crippen LogP contribution in [0.25, 0.3) is 11.1 Å². The van der Waals surface area contributed by atoms with Crippen LogP contribution in [0.3, 0.4) is 0 Å². The summed E-state index contributed by atoms with van der Waals surface area (Å²) in [5.41, 5.74) is 2.76. The van der Waals surface area contributed by atoms with Crippen molar-refractivity contribution in [2.24, 2.45) is 11.8 Å². The van der Waals surface area contributed by atoms with Gasteiger partial charge in [-0.1, -0.05) is 6.07 Å². The minimum atomic E-state index is -2.98. The van der Waals surface area contributed by atoms with E-state index in [1.54, 1.807) is 18.5 Å². The van der Waals surface area contributed by atoms with Crippen LogP contribution in [0, 0.1) is 11.8 Å². The van der Waals surface area contributed by atoms with Crippen LogP contribution >= 0.6 is 0 Å². The summed E-state index contributed by atoms with van der Waals surface area (Å²) in [6.07, 6.45) is 5.28. The highest BCUT2D eigenvalue weighted by Crippen LogP contribution is 2.37. The molecule has 30 heavy (non-hydrogen) atoms. The molecule has 2 aromatic rings. The smallest absolute Gasteiger partial charge is 0.251 e. The summed E-state index contributed by atoms with van der Waals surface area (Å²) in [7, 11) is -2.98. The highest BCUT2D eigenvalue weighted by Gasteiger charge is 2.39. The topological polar surface area (TPSA) is 89.3 Å². The van der Waals surface area contributed by atoms with E-state index in [9.17, 15) is 18.0 Å². The number of likely N-dealkylation sites (tertiary alicyclic amines) is 1. The summed E-state index contributed by atoms with van der Waals surface area (Å²) in [4.78, 5) is 32.0. The van der Waals surface area contributed by atoms with Crippen molar-refractivity contribution in [1.29, 1.82) is 0 Å². The van der Waals surface area contributed by atoms with Crippen molar-refractivity contribution < 1.29 is 13.2 Å². The van der Waals surface area contributed by atoms with E-state index in [2.05, 4.69) is 11.1 Å². The Bertz CT molecular complexity index is 1130. The molecule has 2 fully saturated rings. The lowest BCUT2D eigenvalue weighted by Gasteiger charge is -2.44. The first-order valence-electron chi connectivity index (χ1n) is 10.5. The predicted octanol–water partition coefficient (Wildman–Crippen LogP) is 1.68. The third-order valence-corrected chi connectivity index (χ3v) is 8.48. The standard InChI is InChI=1S/C22H25N3O4S/c26-21-10-18(17-2-1-5-23-11-17)9-20-19-8-15(13-25(20)21)12-24(14-19)22(27)16-3-6-30(28,29)7-4-16/h1-2,5,9-11,15-16,19H,3-4,6-8,12-14H2/t15-,19+/m0/s1. The fraction of sp³-hybridized carbons (Fsp3) is 0.500. The van der Waals surface area contributed by atoms with Gasteiger partial charge < -0.3 is 9.47 Å². The number of aromatic nitrogens is 2. The molecule has 0 aromatic carbocycles. The zero-order valence-corrected chi connectivity index (χ0v) is 17.6. The van der Waals surface area contributed by atoms with Crippen LogP contribution < -0.4 is 5.56 Å². The van der Waals surface area contributed by atoms with Crippen LogP contribution in [0.1, 0.15) is 30.9 Å². The quantitative estimate of drug-likeness (QED) is 0.728. The molecule has 3 aliphatic rings. The van der Waals surface area contributed by atoms with Crippen molar-refractivity contribution in [3.05, 3.63) is 52.7 Å². The zero-order chi connectivity index (χ0) is 20.9. The molecule has 8 heteroatoms. The molecule has 0 saturated carbocycles. The number of hydrogen-bond donors (Lipinski definition) is 0. The Labute approximate surface area is 175 Å². The molecule has 5 rings (SSSR count). The number of carbonyl (C=O) groups is 1. The summed E-state index contributed by atoms with van der Waals surface area (Å²) in [5.74, 6) is 0.482. The maximum Gasteiger partial charge on any atom is 0.251 e. The van der Waals surface area contributed by atoms with Crippen molar-refractivity contribution in [2.75, 3.05) is 24.6 Å². The number of nitrogens with zero attached hydrogens (tertiary/aromatic N) is 3. The Kier molecular flexibility index (Phi) is 4.76. The van der Waals surface area contributed by atoms with E-state index in [0.717, 1.165) is 23.2 Å². The van der Waals surface area contributed by atoms with Gasteiger partial charge in [0.05, 0.1) is 11.5 Å². The predicted molar refractivity (Wildman–Crippen MR) is 113 cm³/mol. The molecule has 1 amide bonds. The van der Waals surface area contributed by atoms with Gasteiger partial charge >= 0.3 is 0 Å². The van der Waals surface area contributed by atoms with Crippen molar-refractivity contribution in [2.45, 2.75) is 31.7 Å². The second-order valence-electron chi connectivity index (χ2n) is 8.83. The summed E-state index contributed by atoms with van der Waals surface area (Å²) >= 11 is 0. The number of piperidine rings is 1. The summed E-state index contributed by atoms with van der Waals surface area (Å²) in [5, 5.41) is 0. The molecule has 3 aliphatic heterocycles. The second kappa shape index (κ2) is 7.34. The highest BCUT2D eigenvalue weighted by molar-refractivity contribution is 7.91. The minimum absolute atomic E-state index is 0.00156. The fourth-order valence-electron chi connectivity index (χ4n) is 5.23. The molecule has 0 spiro atoms. The number of amides is 1. The van der Waals surface area contributed by atoms with Crippen LogP contribution in [0.4, 0.5) is 0 Å². The van der Waals surface area contributed by atoms with Crippen molar-refractivity contribution in [1.82, 2.24) is 14.5 Å². The van der Waals surface area contributed by atoms with E-state index < -0.39 is 9.84 Å². The normalized spacial score (nSPS) is 25.5. The lowest BCUT2D eigenvalue weighted by Crippen LogP contribution is -2.51. The van der Waals surface area contributed by atoms with Gasteiger partial charge in [-0.3, -0.25) is 14.6 Å². The van der Waals surface area contributed by atoms with E-state index >= 15 is 0 Å². The van der Waals surface area contributed by atoms with Crippen LogP contribution in [-0.4, -0.2) is 53.4 Å². The van der Waals surface area contributed by atoms with Gasteiger partial charge in [0.25, 0.3) is 5.56 Å². The molecule has 0 N–H and O–H groups in total.